The summed E-state index contributed by atoms with van der Waals surface area (Å²) in [5.74, 6) is -2.08. The van der Waals surface area contributed by atoms with E-state index < -0.39 is 29.5 Å². The average molecular weight is 323 g/mol. The summed E-state index contributed by atoms with van der Waals surface area (Å²) in [6, 6.07) is 2.11. The van der Waals surface area contributed by atoms with E-state index in [1.54, 1.807) is 0 Å². The van der Waals surface area contributed by atoms with E-state index in [4.69, 9.17) is 21.8 Å². The lowest BCUT2D eigenvalue weighted by Gasteiger charge is -2.14. The van der Waals surface area contributed by atoms with Crippen LogP contribution in [0.3, 0.4) is 0 Å². The molecule has 0 aliphatic heterocycles. The van der Waals surface area contributed by atoms with Crippen molar-refractivity contribution in [2.45, 2.75) is 19.0 Å². The Labute approximate surface area is 121 Å². The molecule has 0 aliphatic rings. The van der Waals surface area contributed by atoms with E-state index in [-0.39, 0.29) is 22.7 Å². The van der Waals surface area contributed by atoms with Gasteiger partial charge in [0, 0.05) is 12.5 Å². The van der Waals surface area contributed by atoms with Gasteiger partial charge in [0.25, 0.3) is 0 Å². The van der Waals surface area contributed by atoms with Gasteiger partial charge in [-0.2, -0.15) is 18.3 Å². The molecule has 0 bridgehead atoms. The molecule has 2 heterocycles. The number of carboxylic acid groups (broad SMARTS) is 1. The first-order chi connectivity index (χ1) is 9.66. The summed E-state index contributed by atoms with van der Waals surface area (Å²) in [5, 5.41) is 21.0. The summed E-state index contributed by atoms with van der Waals surface area (Å²) in [6.45, 7) is 1.18. The number of hydrogen-bond acceptors (Lipinski definition) is 3. The van der Waals surface area contributed by atoms with E-state index in [9.17, 15) is 18.0 Å². The van der Waals surface area contributed by atoms with E-state index in [1.807, 2.05) is 0 Å². The Hall–Kier alpha value is -1.80. The van der Waals surface area contributed by atoms with Crippen molar-refractivity contribution in [2.75, 3.05) is 6.61 Å². The predicted octanol–water partition coefficient (Wildman–Crippen LogP) is 2.80. The lowest BCUT2D eigenvalue weighted by Crippen LogP contribution is -2.14. The van der Waals surface area contributed by atoms with E-state index >= 15 is 0 Å². The molecule has 5 nitrogen and oxygen atoms in total. The highest BCUT2D eigenvalue weighted by Gasteiger charge is 2.36. The highest BCUT2D eigenvalue weighted by atomic mass is 35.5. The highest BCUT2D eigenvalue weighted by molar-refractivity contribution is 6.36. The second kappa shape index (κ2) is 5.19. The quantitative estimate of drug-likeness (QED) is 0.911. The molecule has 1 unspecified atom stereocenters. The number of pyridine rings is 1. The van der Waals surface area contributed by atoms with Crippen molar-refractivity contribution in [1.82, 2.24) is 9.61 Å². The fourth-order valence-corrected chi connectivity index (χ4v) is 2.12. The minimum absolute atomic E-state index is 0.167. The van der Waals surface area contributed by atoms with Crippen LogP contribution in [-0.4, -0.2) is 32.4 Å². The number of hydrogen-bond donors (Lipinski definition) is 2. The standard InChI is InChI=1S/C12H10ClF3N2O3/c1-5(4-19)6-2-7-9(13)10(11(20)21)17-18(7)8(3-6)12(14,15)16/h2-3,5,19H,4H2,1H3,(H,20,21). The average Bonchev–Trinajstić information content (AvgIpc) is 2.73. The van der Waals surface area contributed by atoms with Crippen LogP contribution < -0.4 is 0 Å². The Morgan fingerprint density at radius 2 is 2.10 bits per heavy atom. The lowest BCUT2D eigenvalue weighted by molar-refractivity contribution is -0.142. The number of aromatic nitrogens is 2. The molecular formula is C12H10ClF3N2O3. The molecule has 114 valence electrons. The number of carboxylic acids is 1. The van der Waals surface area contributed by atoms with Crippen molar-refractivity contribution in [3.8, 4) is 0 Å². The van der Waals surface area contributed by atoms with Gasteiger partial charge in [-0.1, -0.05) is 18.5 Å². The minimum Gasteiger partial charge on any atom is -0.476 e. The molecule has 0 aliphatic carbocycles. The number of halogens is 4. The van der Waals surface area contributed by atoms with Crippen molar-refractivity contribution < 1.29 is 28.2 Å². The van der Waals surface area contributed by atoms with Crippen LogP contribution in [0.25, 0.3) is 5.52 Å². The molecule has 9 heteroatoms. The molecule has 2 aromatic heterocycles. The van der Waals surface area contributed by atoms with Gasteiger partial charge >= 0.3 is 12.1 Å². The molecule has 0 amide bonds. The zero-order valence-electron chi connectivity index (χ0n) is 10.6. The first kappa shape index (κ1) is 15.6. The summed E-state index contributed by atoms with van der Waals surface area (Å²) in [6.07, 6.45) is -4.74. The molecule has 0 aromatic carbocycles. The smallest absolute Gasteiger partial charge is 0.433 e. The van der Waals surface area contributed by atoms with Gasteiger partial charge in [-0.3, -0.25) is 0 Å². The fourth-order valence-electron chi connectivity index (χ4n) is 1.87. The van der Waals surface area contributed by atoms with Crippen LogP contribution in [0.1, 0.15) is 34.6 Å². The van der Waals surface area contributed by atoms with Crippen LogP contribution in [0, 0.1) is 0 Å². The number of fused-ring (bicyclic) bond motifs is 1. The Morgan fingerprint density at radius 1 is 1.48 bits per heavy atom. The minimum atomic E-state index is -4.74. The number of carbonyl (C=O) groups is 1. The normalized spacial score (nSPS) is 13.6. The second-order valence-corrected chi connectivity index (χ2v) is 4.90. The molecule has 0 fully saturated rings. The van der Waals surface area contributed by atoms with Crippen LogP contribution in [0.4, 0.5) is 13.2 Å². The predicted molar refractivity (Wildman–Crippen MR) is 67.7 cm³/mol. The van der Waals surface area contributed by atoms with E-state index in [0.717, 1.165) is 6.07 Å². The van der Waals surface area contributed by atoms with Crippen LogP contribution in [0.5, 0.6) is 0 Å². The summed E-state index contributed by atoms with van der Waals surface area (Å²) < 4.78 is 39.7. The highest BCUT2D eigenvalue weighted by Crippen LogP contribution is 2.35. The molecule has 21 heavy (non-hydrogen) atoms. The van der Waals surface area contributed by atoms with Crippen molar-refractivity contribution in [1.29, 1.82) is 0 Å². The van der Waals surface area contributed by atoms with Gasteiger partial charge in [-0.25, -0.2) is 9.31 Å². The number of alkyl halides is 3. The molecule has 2 N–H and O–H groups in total. The topological polar surface area (TPSA) is 74.8 Å². The SMILES string of the molecule is CC(CO)c1cc(C(F)(F)F)n2nc(C(=O)O)c(Cl)c2c1. The monoisotopic (exact) mass is 322 g/mol. The number of rotatable bonds is 3. The molecule has 0 spiro atoms. The Bertz CT molecular complexity index is 712. The van der Waals surface area contributed by atoms with Gasteiger partial charge in [-0.15, -0.1) is 0 Å². The maximum atomic E-state index is 13.1. The molecular weight excluding hydrogens is 313 g/mol. The number of aliphatic hydroxyl groups is 1. The third-order valence-corrected chi connectivity index (χ3v) is 3.40. The Balaban J connectivity index is 2.85. The maximum absolute atomic E-state index is 13.1. The zero-order valence-corrected chi connectivity index (χ0v) is 11.4. The Kier molecular flexibility index (Phi) is 3.85. The van der Waals surface area contributed by atoms with Crippen LogP contribution >= 0.6 is 11.6 Å². The van der Waals surface area contributed by atoms with Gasteiger partial charge in [0.1, 0.15) is 10.7 Å². The maximum Gasteiger partial charge on any atom is 0.433 e. The van der Waals surface area contributed by atoms with Crippen LogP contribution in [0.15, 0.2) is 12.1 Å². The summed E-state index contributed by atoms with van der Waals surface area (Å²) in [4.78, 5) is 10.9. The van der Waals surface area contributed by atoms with Crippen molar-refractivity contribution in [3.63, 3.8) is 0 Å². The lowest BCUT2D eigenvalue weighted by atomic mass is 10.0. The molecule has 2 aromatic rings. The molecule has 0 radical (unpaired) electrons. The van der Waals surface area contributed by atoms with Crippen molar-refractivity contribution in [2.24, 2.45) is 0 Å². The first-order valence-electron chi connectivity index (χ1n) is 5.80. The largest absolute Gasteiger partial charge is 0.476 e. The van der Waals surface area contributed by atoms with E-state index in [2.05, 4.69) is 5.10 Å². The van der Waals surface area contributed by atoms with E-state index in [1.165, 1.54) is 13.0 Å². The second-order valence-electron chi connectivity index (χ2n) is 4.52. The molecule has 1 atom stereocenters. The molecule has 2 rings (SSSR count). The van der Waals surface area contributed by atoms with Gasteiger partial charge in [0.15, 0.2) is 5.69 Å². The Morgan fingerprint density at radius 3 is 2.57 bits per heavy atom. The number of aromatic carboxylic acids is 1. The van der Waals surface area contributed by atoms with Gasteiger partial charge in [0.05, 0.1) is 5.52 Å². The fraction of sp³-hybridized carbons (Fsp3) is 0.333. The van der Waals surface area contributed by atoms with Crippen LogP contribution in [0.2, 0.25) is 5.02 Å². The van der Waals surface area contributed by atoms with Crippen molar-refractivity contribution >= 4 is 23.1 Å². The summed E-state index contributed by atoms with van der Waals surface area (Å²) >= 11 is 5.80. The molecule has 0 saturated heterocycles. The van der Waals surface area contributed by atoms with Gasteiger partial charge in [-0.05, 0) is 17.7 Å². The number of nitrogens with zero attached hydrogens (tertiary/aromatic N) is 2. The van der Waals surface area contributed by atoms with Gasteiger partial charge < -0.3 is 10.2 Å². The third kappa shape index (κ3) is 2.68. The van der Waals surface area contributed by atoms with Crippen molar-refractivity contribution in [3.05, 3.63) is 34.1 Å². The van der Waals surface area contributed by atoms with E-state index in [0.29, 0.717) is 4.52 Å². The summed E-state index contributed by atoms with van der Waals surface area (Å²) in [7, 11) is 0. The first-order valence-corrected chi connectivity index (χ1v) is 6.18. The summed E-state index contributed by atoms with van der Waals surface area (Å²) in [5.41, 5.74) is -1.78. The number of aliphatic hydroxyl groups excluding tert-OH is 1. The van der Waals surface area contributed by atoms with Crippen LogP contribution in [-0.2, 0) is 6.18 Å². The zero-order chi connectivity index (χ0) is 15.9. The molecule has 0 saturated carbocycles. The third-order valence-electron chi connectivity index (χ3n) is 3.03. The van der Waals surface area contributed by atoms with Gasteiger partial charge in [0.2, 0.25) is 0 Å².